The van der Waals surface area contributed by atoms with E-state index in [-0.39, 0.29) is 0 Å². The van der Waals surface area contributed by atoms with Gasteiger partial charge in [0.05, 0.1) is 6.20 Å². The molecule has 102 valence electrons. The van der Waals surface area contributed by atoms with Crippen LogP contribution >= 0.6 is 0 Å². The Kier molecular flexibility index (Phi) is 3.42. The van der Waals surface area contributed by atoms with Crippen molar-refractivity contribution in [3.05, 3.63) is 48.7 Å². The van der Waals surface area contributed by atoms with Crippen molar-refractivity contribution in [3.63, 3.8) is 0 Å². The highest BCUT2D eigenvalue weighted by Crippen LogP contribution is 2.15. The topological polar surface area (TPSA) is 93.2 Å². The predicted octanol–water partition coefficient (Wildman–Crippen LogP) is 1.06. The van der Waals surface area contributed by atoms with Gasteiger partial charge in [0.2, 0.25) is 0 Å². The molecule has 0 fully saturated rings. The summed E-state index contributed by atoms with van der Waals surface area (Å²) in [6, 6.07) is 3.98. The van der Waals surface area contributed by atoms with Gasteiger partial charge in [-0.2, -0.15) is 0 Å². The predicted molar refractivity (Wildman–Crippen MR) is 77.2 cm³/mol. The molecular formula is C13H15N7. The SMILES string of the molecule is NNc1cn2ccnc2c(NCCc2cccnc2)n1. The fourth-order valence-corrected chi connectivity index (χ4v) is 1.99. The van der Waals surface area contributed by atoms with Crippen molar-refractivity contribution in [1.29, 1.82) is 0 Å². The maximum absolute atomic E-state index is 5.42. The lowest BCUT2D eigenvalue weighted by Gasteiger charge is -2.09. The molecule has 0 radical (unpaired) electrons. The molecule has 3 aromatic rings. The number of hydrazine groups is 1. The van der Waals surface area contributed by atoms with Gasteiger partial charge in [0.25, 0.3) is 0 Å². The van der Waals surface area contributed by atoms with Crippen LogP contribution in [0.25, 0.3) is 5.65 Å². The zero-order valence-corrected chi connectivity index (χ0v) is 10.8. The van der Waals surface area contributed by atoms with Gasteiger partial charge in [-0.15, -0.1) is 0 Å². The number of nitrogen functional groups attached to an aromatic ring is 1. The van der Waals surface area contributed by atoms with Gasteiger partial charge >= 0.3 is 0 Å². The number of hydrogen-bond acceptors (Lipinski definition) is 6. The molecule has 0 aromatic carbocycles. The summed E-state index contributed by atoms with van der Waals surface area (Å²) in [6.45, 7) is 0.745. The first-order chi connectivity index (χ1) is 9.86. The second-order valence-electron chi connectivity index (χ2n) is 4.32. The largest absolute Gasteiger partial charge is 0.367 e. The highest BCUT2D eigenvalue weighted by molar-refractivity contribution is 5.65. The molecule has 3 rings (SSSR count). The van der Waals surface area contributed by atoms with Crippen LogP contribution in [0.2, 0.25) is 0 Å². The monoisotopic (exact) mass is 269 g/mol. The molecule has 0 saturated heterocycles. The normalized spacial score (nSPS) is 10.7. The first-order valence-electron chi connectivity index (χ1n) is 6.30. The first kappa shape index (κ1) is 12.4. The van der Waals surface area contributed by atoms with Crippen molar-refractivity contribution in [2.24, 2.45) is 5.84 Å². The zero-order valence-electron chi connectivity index (χ0n) is 10.8. The van der Waals surface area contributed by atoms with Crippen molar-refractivity contribution in [1.82, 2.24) is 19.4 Å². The third-order valence-corrected chi connectivity index (χ3v) is 2.95. The Morgan fingerprint density at radius 1 is 1.30 bits per heavy atom. The summed E-state index contributed by atoms with van der Waals surface area (Å²) in [5.74, 6) is 6.70. The molecule has 20 heavy (non-hydrogen) atoms. The van der Waals surface area contributed by atoms with Crippen LogP contribution in [-0.2, 0) is 6.42 Å². The molecule has 0 aliphatic rings. The molecule has 0 saturated carbocycles. The molecular weight excluding hydrogens is 254 g/mol. The van der Waals surface area contributed by atoms with E-state index in [1.165, 1.54) is 5.56 Å². The van der Waals surface area contributed by atoms with E-state index < -0.39 is 0 Å². The van der Waals surface area contributed by atoms with Crippen LogP contribution < -0.4 is 16.6 Å². The quantitative estimate of drug-likeness (QED) is 0.474. The smallest absolute Gasteiger partial charge is 0.180 e. The van der Waals surface area contributed by atoms with Crippen LogP contribution in [-0.4, -0.2) is 25.9 Å². The van der Waals surface area contributed by atoms with Gasteiger partial charge < -0.3 is 15.1 Å². The molecule has 0 aliphatic carbocycles. The molecule has 0 bridgehead atoms. The molecule has 0 unspecified atom stereocenters. The van der Waals surface area contributed by atoms with E-state index in [0.717, 1.165) is 18.6 Å². The molecule has 3 heterocycles. The van der Waals surface area contributed by atoms with Crippen LogP contribution in [0.4, 0.5) is 11.6 Å². The summed E-state index contributed by atoms with van der Waals surface area (Å²) >= 11 is 0. The Balaban J connectivity index is 1.75. The van der Waals surface area contributed by atoms with Crippen LogP contribution in [0.5, 0.6) is 0 Å². The minimum atomic E-state index is 0.583. The molecule has 0 spiro atoms. The number of hydrogen-bond donors (Lipinski definition) is 3. The lowest BCUT2D eigenvalue weighted by molar-refractivity contribution is 0.986. The van der Waals surface area contributed by atoms with Gasteiger partial charge in [-0.1, -0.05) is 6.07 Å². The number of imidazole rings is 1. The fourth-order valence-electron chi connectivity index (χ4n) is 1.99. The number of nitrogens with one attached hydrogen (secondary N) is 2. The molecule has 3 aromatic heterocycles. The second kappa shape index (κ2) is 5.54. The molecule has 7 nitrogen and oxygen atoms in total. The van der Waals surface area contributed by atoms with E-state index in [4.69, 9.17) is 5.84 Å². The molecule has 0 amide bonds. The highest BCUT2D eigenvalue weighted by atomic mass is 15.3. The summed E-state index contributed by atoms with van der Waals surface area (Å²) in [6.07, 6.45) is 9.85. The number of aromatic nitrogens is 4. The molecule has 0 aliphatic heterocycles. The van der Waals surface area contributed by atoms with E-state index in [2.05, 4.69) is 25.7 Å². The van der Waals surface area contributed by atoms with Crippen LogP contribution in [0.3, 0.4) is 0 Å². The Morgan fingerprint density at radius 2 is 2.25 bits per heavy atom. The van der Waals surface area contributed by atoms with Gasteiger partial charge in [-0.05, 0) is 18.1 Å². The second-order valence-corrected chi connectivity index (χ2v) is 4.32. The van der Waals surface area contributed by atoms with Gasteiger partial charge in [0.15, 0.2) is 17.3 Å². The average Bonchev–Trinajstić information content (AvgIpc) is 2.96. The number of nitrogens with two attached hydrogens (primary N) is 1. The van der Waals surface area contributed by atoms with Crippen molar-refractivity contribution in [2.75, 3.05) is 17.3 Å². The number of fused-ring (bicyclic) bond motifs is 1. The summed E-state index contributed by atoms with van der Waals surface area (Å²) in [4.78, 5) is 12.7. The lowest BCUT2D eigenvalue weighted by Crippen LogP contribution is -2.13. The number of nitrogens with zero attached hydrogens (tertiary/aromatic N) is 4. The van der Waals surface area contributed by atoms with E-state index >= 15 is 0 Å². The van der Waals surface area contributed by atoms with Gasteiger partial charge in [0, 0.05) is 31.3 Å². The maximum atomic E-state index is 5.42. The molecule has 7 heteroatoms. The van der Waals surface area contributed by atoms with Crippen LogP contribution in [0.15, 0.2) is 43.1 Å². The van der Waals surface area contributed by atoms with Gasteiger partial charge in [0.1, 0.15) is 0 Å². The van der Waals surface area contributed by atoms with E-state index in [1.54, 1.807) is 18.6 Å². The zero-order chi connectivity index (χ0) is 13.8. The molecule has 0 atom stereocenters. The highest BCUT2D eigenvalue weighted by Gasteiger charge is 2.06. The first-order valence-corrected chi connectivity index (χ1v) is 6.30. The van der Waals surface area contributed by atoms with Crippen LogP contribution in [0, 0.1) is 0 Å². The standard InChI is InChI=1S/C13H15N7/c14-19-11-9-20-7-6-17-13(20)12(18-11)16-5-3-10-2-1-4-15-8-10/h1-2,4,6-9,19H,3,5,14H2,(H,16,18). The van der Waals surface area contributed by atoms with E-state index in [1.807, 2.05) is 28.9 Å². The third-order valence-electron chi connectivity index (χ3n) is 2.95. The summed E-state index contributed by atoms with van der Waals surface area (Å²) < 4.78 is 1.87. The Bertz CT molecular complexity index is 692. The minimum Gasteiger partial charge on any atom is -0.367 e. The van der Waals surface area contributed by atoms with Crippen molar-refractivity contribution >= 4 is 17.3 Å². The van der Waals surface area contributed by atoms with Crippen molar-refractivity contribution in [2.45, 2.75) is 6.42 Å². The van der Waals surface area contributed by atoms with Crippen molar-refractivity contribution in [3.8, 4) is 0 Å². The average molecular weight is 269 g/mol. The third kappa shape index (κ3) is 2.52. The summed E-state index contributed by atoms with van der Waals surface area (Å²) in [7, 11) is 0. The minimum absolute atomic E-state index is 0.583. The van der Waals surface area contributed by atoms with Gasteiger partial charge in [-0.25, -0.2) is 15.8 Å². The number of rotatable bonds is 5. The fraction of sp³-hybridized carbons (Fsp3) is 0.154. The Morgan fingerprint density at radius 3 is 3.05 bits per heavy atom. The summed E-state index contributed by atoms with van der Waals surface area (Å²) in [5, 5.41) is 3.28. The van der Waals surface area contributed by atoms with Crippen LogP contribution in [0.1, 0.15) is 5.56 Å². The van der Waals surface area contributed by atoms with Crippen molar-refractivity contribution < 1.29 is 0 Å². The molecule has 4 N–H and O–H groups in total. The number of pyridine rings is 1. The van der Waals surface area contributed by atoms with E-state index in [9.17, 15) is 0 Å². The van der Waals surface area contributed by atoms with E-state index in [0.29, 0.717) is 11.6 Å². The lowest BCUT2D eigenvalue weighted by atomic mass is 10.2. The number of anilines is 2. The Hall–Kier alpha value is -2.67. The maximum Gasteiger partial charge on any atom is 0.180 e. The summed E-state index contributed by atoms with van der Waals surface area (Å²) in [5.41, 5.74) is 4.49. The Labute approximate surface area is 115 Å². The van der Waals surface area contributed by atoms with Gasteiger partial charge in [-0.3, -0.25) is 4.98 Å².